The third-order valence-electron chi connectivity index (χ3n) is 5.26. The summed E-state index contributed by atoms with van der Waals surface area (Å²) in [6, 6.07) is 5.53. The highest BCUT2D eigenvalue weighted by molar-refractivity contribution is 5.72. The molecule has 10 heteroatoms. The van der Waals surface area contributed by atoms with Gasteiger partial charge in [0.25, 0.3) is 0 Å². The average Bonchev–Trinajstić information content (AvgIpc) is 3.39. The number of hydrogen-bond donors (Lipinski definition) is 1. The summed E-state index contributed by atoms with van der Waals surface area (Å²) >= 11 is 0. The van der Waals surface area contributed by atoms with Gasteiger partial charge in [-0.05, 0) is 36.3 Å². The third kappa shape index (κ3) is 4.06. The number of anilines is 2. The molecule has 0 spiro atoms. The monoisotopic (exact) mass is 389 g/mol. The fourth-order valence-electron chi connectivity index (χ4n) is 3.74. The van der Waals surface area contributed by atoms with Crippen molar-refractivity contribution >= 4 is 17.3 Å². The van der Waals surface area contributed by atoms with E-state index < -0.39 is 0 Å². The second kappa shape index (κ2) is 8.09. The van der Waals surface area contributed by atoms with E-state index in [-0.39, 0.29) is 23.9 Å². The van der Waals surface area contributed by atoms with Gasteiger partial charge in [-0.25, -0.2) is 4.39 Å². The molecule has 2 aromatic rings. The van der Waals surface area contributed by atoms with Crippen LogP contribution in [-0.2, 0) is 9.53 Å². The van der Waals surface area contributed by atoms with Gasteiger partial charge in [0.05, 0.1) is 17.8 Å². The summed E-state index contributed by atoms with van der Waals surface area (Å²) in [5.74, 6) is -0.319. The lowest BCUT2D eigenvalue weighted by atomic mass is 10.0. The van der Waals surface area contributed by atoms with E-state index in [9.17, 15) is 9.18 Å². The summed E-state index contributed by atoms with van der Waals surface area (Å²) in [5.41, 5.74) is 1.40. The largest absolute Gasteiger partial charge is 0.369 e. The summed E-state index contributed by atoms with van der Waals surface area (Å²) in [4.78, 5) is 16.7. The number of ether oxygens (including phenoxy) is 1. The lowest BCUT2D eigenvalue weighted by Gasteiger charge is -2.33. The Bertz CT molecular complexity index is 808. The summed E-state index contributed by atoms with van der Waals surface area (Å²) in [6.45, 7) is 4.44. The van der Waals surface area contributed by atoms with Crippen LogP contribution in [0.4, 0.5) is 15.8 Å². The highest BCUT2D eigenvalue weighted by atomic mass is 19.1. The summed E-state index contributed by atoms with van der Waals surface area (Å²) < 4.78 is 20.5. The SMILES string of the molecule is CC(=O)NC[C@H]1CN(c2ccc(N3CCC(n4ncnn4)CC3)c(F)c2)CO1. The molecule has 0 radical (unpaired) electrons. The molecule has 0 aliphatic carbocycles. The summed E-state index contributed by atoms with van der Waals surface area (Å²) in [5, 5.41) is 14.6. The van der Waals surface area contributed by atoms with Crippen LogP contribution in [0.2, 0.25) is 0 Å². The molecule has 2 saturated heterocycles. The normalized spacial score (nSPS) is 20.6. The van der Waals surface area contributed by atoms with Crippen LogP contribution in [0.3, 0.4) is 0 Å². The predicted octanol–water partition coefficient (Wildman–Crippen LogP) is 0.952. The number of halogens is 1. The number of rotatable bonds is 5. The van der Waals surface area contributed by atoms with Gasteiger partial charge in [0, 0.05) is 38.8 Å². The molecule has 1 aromatic carbocycles. The van der Waals surface area contributed by atoms with Crippen LogP contribution >= 0.6 is 0 Å². The predicted molar refractivity (Wildman–Crippen MR) is 100 cm³/mol. The second-order valence-electron chi connectivity index (χ2n) is 7.19. The number of amides is 1. The zero-order valence-corrected chi connectivity index (χ0v) is 15.8. The molecule has 3 heterocycles. The molecular weight excluding hydrogens is 365 g/mol. The van der Waals surface area contributed by atoms with Gasteiger partial charge < -0.3 is 19.9 Å². The molecule has 0 saturated carbocycles. The van der Waals surface area contributed by atoms with Crippen molar-refractivity contribution in [3.8, 4) is 0 Å². The van der Waals surface area contributed by atoms with Crippen molar-refractivity contribution in [2.75, 3.05) is 42.7 Å². The standard InChI is InChI=1S/C18H24FN7O2/c1-13(27)20-9-16-10-25(12-28-16)15-2-3-18(17(19)8-15)24-6-4-14(5-7-24)26-22-11-21-23-26/h2-3,8,11,14,16H,4-7,9-10,12H2,1H3,(H,20,27)/t16-/m0/s1. The third-order valence-corrected chi connectivity index (χ3v) is 5.26. The van der Waals surface area contributed by atoms with E-state index in [2.05, 4.69) is 25.6 Å². The highest BCUT2D eigenvalue weighted by Crippen LogP contribution is 2.30. The quantitative estimate of drug-likeness (QED) is 0.815. The first-order valence-corrected chi connectivity index (χ1v) is 9.48. The van der Waals surface area contributed by atoms with E-state index >= 15 is 0 Å². The zero-order chi connectivity index (χ0) is 19.5. The van der Waals surface area contributed by atoms with Crippen LogP contribution < -0.4 is 15.1 Å². The Balaban J connectivity index is 1.35. The van der Waals surface area contributed by atoms with E-state index in [0.29, 0.717) is 25.5 Å². The lowest BCUT2D eigenvalue weighted by Crippen LogP contribution is -2.36. The van der Waals surface area contributed by atoms with Crippen LogP contribution in [-0.4, -0.2) is 65.1 Å². The Morgan fingerprint density at radius 2 is 2.14 bits per heavy atom. The number of nitrogens with one attached hydrogen (secondary N) is 1. The maximum Gasteiger partial charge on any atom is 0.216 e. The van der Waals surface area contributed by atoms with E-state index in [1.807, 2.05) is 17.0 Å². The minimum atomic E-state index is -0.236. The molecule has 1 aromatic heterocycles. The lowest BCUT2D eigenvalue weighted by molar-refractivity contribution is -0.119. The molecule has 0 bridgehead atoms. The maximum atomic E-state index is 14.8. The van der Waals surface area contributed by atoms with Crippen molar-refractivity contribution in [3.05, 3.63) is 30.3 Å². The number of nitrogens with zero attached hydrogens (tertiary/aromatic N) is 6. The van der Waals surface area contributed by atoms with Gasteiger partial charge in [-0.1, -0.05) is 0 Å². The van der Waals surface area contributed by atoms with Crippen LogP contribution in [0.5, 0.6) is 0 Å². The summed E-state index contributed by atoms with van der Waals surface area (Å²) in [7, 11) is 0. The van der Waals surface area contributed by atoms with Crippen molar-refractivity contribution in [2.45, 2.75) is 31.9 Å². The van der Waals surface area contributed by atoms with E-state index in [0.717, 1.165) is 31.6 Å². The number of carbonyl (C=O) groups is 1. The van der Waals surface area contributed by atoms with Crippen molar-refractivity contribution in [3.63, 3.8) is 0 Å². The molecule has 150 valence electrons. The Hall–Kier alpha value is -2.75. The molecule has 2 aliphatic rings. The second-order valence-corrected chi connectivity index (χ2v) is 7.19. The van der Waals surface area contributed by atoms with Gasteiger partial charge in [-0.15, -0.1) is 10.2 Å². The fourth-order valence-corrected chi connectivity index (χ4v) is 3.74. The molecule has 2 fully saturated rings. The van der Waals surface area contributed by atoms with Gasteiger partial charge in [-0.3, -0.25) is 4.79 Å². The van der Waals surface area contributed by atoms with E-state index in [1.54, 1.807) is 10.9 Å². The first-order valence-electron chi connectivity index (χ1n) is 9.48. The minimum absolute atomic E-state index is 0.0826. The topological polar surface area (TPSA) is 88.4 Å². The van der Waals surface area contributed by atoms with Gasteiger partial charge in [0.1, 0.15) is 12.5 Å². The van der Waals surface area contributed by atoms with Crippen molar-refractivity contribution in [1.82, 2.24) is 25.5 Å². The molecule has 2 aliphatic heterocycles. The molecule has 9 nitrogen and oxygen atoms in total. The Kier molecular flexibility index (Phi) is 5.38. The van der Waals surface area contributed by atoms with Gasteiger partial charge >= 0.3 is 0 Å². The molecule has 28 heavy (non-hydrogen) atoms. The fraction of sp³-hybridized carbons (Fsp3) is 0.556. The Morgan fingerprint density at radius 1 is 1.32 bits per heavy atom. The minimum Gasteiger partial charge on any atom is -0.369 e. The smallest absolute Gasteiger partial charge is 0.216 e. The highest BCUT2D eigenvalue weighted by Gasteiger charge is 2.26. The van der Waals surface area contributed by atoms with Crippen LogP contribution in [0.15, 0.2) is 24.5 Å². The van der Waals surface area contributed by atoms with Crippen LogP contribution in [0.25, 0.3) is 0 Å². The molecule has 4 rings (SSSR count). The number of piperidine rings is 1. The zero-order valence-electron chi connectivity index (χ0n) is 15.8. The molecule has 1 atom stereocenters. The molecule has 1 N–H and O–H groups in total. The van der Waals surface area contributed by atoms with Crippen molar-refractivity contribution in [2.24, 2.45) is 0 Å². The number of benzene rings is 1. The Labute approximate surface area is 162 Å². The van der Waals surface area contributed by atoms with Crippen LogP contribution in [0.1, 0.15) is 25.8 Å². The average molecular weight is 389 g/mol. The van der Waals surface area contributed by atoms with E-state index in [1.165, 1.54) is 13.3 Å². The van der Waals surface area contributed by atoms with Crippen molar-refractivity contribution < 1.29 is 13.9 Å². The Morgan fingerprint density at radius 3 is 2.82 bits per heavy atom. The van der Waals surface area contributed by atoms with Gasteiger partial charge in [0.15, 0.2) is 6.33 Å². The molecule has 0 unspecified atom stereocenters. The van der Waals surface area contributed by atoms with Gasteiger partial charge in [-0.2, -0.15) is 4.80 Å². The number of carbonyl (C=O) groups excluding carboxylic acids is 1. The maximum absolute atomic E-state index is 14.8. The summed E-state index contributed by atoms with van der Waals surface area (Å²) in [6.07, 6.45) is 3.05. The molecular formula is C18H24FN7O2. The van der Waals surface area contributed by atoms with Crippen molar-refractivity contribution in [1.29, 1.82) is 0 Å². The molecule has 1 amide bonds. The van der Waals surface area contributed by atoms with E-state index in [4.69, 9.17) is 4.74 Å². The number of aromatic nitrogens is 4. The first kappa shape index (κ1) is 18.6. The van der Waals surface area contributed by atoms with Gasteiger partial charge in [0.2, 0.25) is 5.91 Å². The number of tetrazole rings is 1. The first-order chi connectivity index (χ1) is 13.6. The van der Waals surface area contributed by atoms with Crippen LogP contribution in [0, 0.1) is 5.82 Å². The number of hydrogen-bond acceptors (Lipinski definition) is 7.